The highest BCUT2D eigenvalue weighted by Gasteiger charge is 2.16. The lowest BCUT2D eigenvalue weighted by Crippen LogP contribution is -2.10. The van der Waals surface area contributed by atoms with Crippen LogP contribution in [0.3, 0.4) is 0 Å². The monoisotopic (exact) mass is 555 g/mol. The van der Waals surface area contributed by atoms with Gasteiger partial charge in [-0.1, -0.05) is 60.7 Å². The van der Waals surface area contributed by atoms with Crippen molar-refractivity contribution < 1.29 is 4.42 Å². The molecule has 8 aromatic rings. The minimum atomic E-state index is 0.636. The third-order valence-electron chi connectivity index (χ3n) is 8.15. The second-order valence-corrected chi connectivity index (χ2v) is 11.1. The molecule has 0 spiro atoms. The summed E-state index contributed by atoms with van der Waals surface area (Å²) in [7, 11) is 0. The molecule has 0 aliphatic heterocycles. The number of aryl methyl sites for hydroxylation is 2. The van der Waals surface area contributed by atoms with E-state index in [1.54, 1.807) is 0 Å². The first-order valence-corrected chi connectivity index (χ1v) is 14.6. The van der Waals surface area contributed by atoms with Gasteiger partial charge < -0.3 is 13.9 Å². The number of para-hydroxylation sites is 3. The molecule has 0 saturated carbocycles. The first-order valence-electron chi connectivity index (χ1n) is 14.6. The molecule has 0 aliphatic rings. The molecule has 2 aromatic heterocycles. The molecule has 0 saturated heterocycles. The Kier molecular flexibility index (Phi) is 5.86. The van der Waals surface area contributed by atoms with Gasteiger partial charge in [-0.15, -0.1) is 0 Å². The van der Waals surface area contributed by atoms with Gasteiger partial charge in [-0.05, 0) is 104 Å². The van der Waals surface area contributed by atoms with Gasteiger partial charge >= 0.3 is 0 Å². The van der Waals surface area contributed by atoms with Crippen molar-refractivity contribution in [1.29, 1.82) is 0 Å². The Morgan fingerprint density at radius 2 is 1.14 bits per heavy atom. The summed E-state index contributed by atoms with van der Waals surface area (Å²) in [6.45, 7) is 4.15. The first kappa shape index (κ1) is 25.1. The molecule has 0 unspecified atom stereocenters. The van der Waals surface area contributed by atoms with Gasteiger partial charge in [0.05, 0.1) is 11.0 Å². The Morgan fingerprint density at radius 3 is 1.79 bits per heavy atom. The van der Waals surface area contributed by atoms with E-state index in [1.165, 1.54) is 27.4 Å². The highest BCUT2D eigenvalue weighted by Crippen LogP contribution is 2.38. The first-order chi connectivity index (χ1) is 21.1. The van der Waals surface area contributed by atoms with E-state index in [0.717, 1.165) is 45.0 Å². The van der Waals surface area contributed by atoms with Gasteiger partial charge in [0.2, 0.25) is 5.89 Å². The van der Waals surface area contributed by atoms with Crippen LogP contribution in [0.25, 0.3) is 50.0 Å². The van der Waals surface area contributed by atoms with Crippen molar-refractivity contribution in [3.63, 3.8) is 0 Å². The average Bonchev–Trinajstić information content (AvgIpc) is 3.62. The zero-order valence-electron chi connectivity index (χ0n) is 24.0. The highest BCUT2D eigenvalue weighted by atomic mass is 16.3. The van der Waals surface area contributed by atoms with E-state index in [0.29, 0.717) is 5.89 Å². The van der Waals surface area contributed by atoms with E-state index in [4.69, 9.17) is 9.40 Å². The zero-order chi connectivity index (χ0) is 28.9. The Balaban J connectivity index is 1.19. The summed E-state index contributed by atoms with van der Waals surface area (Å²) >= 11 is 0. The van der Waals surface area contributed by atoms with Crippen LogP contribution in [0.5, 0.6) is 0 Å². The molecule has 0 aliphatic carbocycles. The molecular weight excluding hydrogens is 526 g/mol. The molecule has 6 aromatic carbocycles. The minimum Gasteiger partial charge on any atom is -0.436 e. The fraction of sp³-hybridized carbons (Fsp3) is 0.0513. The topological polar surface area (TPSA) is 34.2 Å². The van der Waals surface area contributed by atoms with Crippen LogP contribution in [-0.4, -0.2) is 9.55 Å². The number of rotatable bonds is 5. The molecule has 206 valence electrons. The second-order valence-electron chi connectivity index (χ2n) is 11.1. The summed E-state index contributed by atoms with van der Waals surface area (Å²) < 4.78 is 8.54. The van der Waals surface area contributed by atoms with Crippen molar-refractivity contribution in [1.82, 2.24) is 9.55 Å². The van der Waals surface area contributed by atoms with Gasteiger partial charge in [-0.2, -0.15) is 0 Å². The quantitative estimate of drug-likeness (QED) is 0.212. The molecule has 2 heterocycles. The fourth-order valence-electron chi connectivity index (χ4n) is 6.23. The SMILES string of the molecule is Cc1cc(C)c2oc(-c3ccc(N(c4ccccc4)c4ccc(-n5c6ccccc6c6ccccc65)cc4)cc3)nc2c1. The van der Waals surface area contributed by atoms with Crippen LogP contribution in [-0.2, 0) is 0 Å². The van der Waals surface area contributed by atoms with Crippen molar-refractivity contribution in [3.8, 4) is 17.1 Å². The zero-order valence-corrected chi connectivity index (χ0v) is 24.0. The van der Waals surface area contributed by atoms with Gasteiger partial charge in [0.15, 0.2) is 5.58 Å². The molecule has 0 radical (unpaired) electrons. The van der Waals surface area contributed by atoms with Crippen molar-refractivity contribution >= 4 is 50.0 Å². The van der Waals surface area contributed by atoms with Crippen LogP contribution < -0.4 is 4.90 Å². The summed E-state index contributed by atoms with van der Waals surface area (Å²) in [5.74, 6) is 0.636. The van der Waals surface area contributed by atoms with Crippen LogP contribution in [0.2, 0.25) is 0 Å². The number of benzene rings is 6. The summed E-state index contributed by atoms with van der Waals surface area (Å²) in [5, 5.41) is 2.52. The largest absolute Gasteiger partial charge is 0.436 e. The van der Waals surface area contributed by atoms with E-state index in [1.807, 2.05) is 6.07 Å². The molecule has 8 rings (SSSR count). The molecule has 4 heteroatoms. The number of nitrogens with zero attached hydrogens (tertiary/aromatic N) is 3. The normalized spacial score (nSPS) is 11.5. The van der Waals surface area contributed by atoms with Gasteiger partial charge in [-0.3, -0.25) is 0 Å². The number of fused-ring (bicyclic) bond motifs is 4. The molecule has 43 heavy (non-hydrogen) atoms. The summed E-state index contributed by atoms with van der Waals surface area (Å²) in [5.41, 5.74) is 11.7. The van der Waals surface area contributed by atoms with E-state index < -0.39 is 0 Å². The number of hydrogen-bond acceptors (Lipinski definition) is 3. The van der Waals surface area contributed by atoms with Crippen molar-refractivity contribution in [2.45, 2.75) is 13.8 Å². The van der Waals surface area contributed by atoms with E-state index >= 15 is 0 Å². The standard InChI is InChI=1S/C39H29N3O/c1-26-24-27(2)38-35(25-26)40-39(43-38)28-16-18-30(19-17-28)41(29-10-4-3-5-11-29)31-20-22-32(23-21-31)42-36-14-8-6-12-33(36)34-13-7-9-15-37(34)42/h3-25H,1-2H3. The molecule has 0 amide bonds. The van der Waals surface area contributed by atoms with E-state index in [9.17, 15) is 0 Å². The lowest BCUT2D eigenvalue weighted by molar-refractivity contribution is 0.617. The van der Waals surface area contributed by atoms with Crippen LogP contribution in [0.1, 0.15) is 11.1 Å². The van der Waals surface area contributed by atoms with Crippen LogP contribution >= 0.6 is 0 Å². The van der Waals surface area contributed by atoms with Gasteiger partial charge in [0.1, 0.15) is 5.52 Å². The molecule has 0 fully saturated rings. The van der Waals surface area contributed by atoms with Gasteiger partial charge in [0.25, 0.3) is 0 Å². The summed E-state index contributed by atoms with van der Waals surface area (Å²) in [6.07, 6.45) is 0. The predicted molar refractivity (Wildman–Crippen MR) is 178 cm³/mol. The van der Waals surface area contributed by atoms with Crippen molar-refractivity contribution in [2.24, 2.45) is 0 Å². The summed E-state index contributed by atoms with van der Waals surface area (Å²) in [4.78, 5) is 7.07. The maximum atomic E-state index is 6.19. The second kappa shape index (κ2) is 10.0. The number of aromatic nitrogens is 2. The number of hydrogen-bond donors (Lipinski definition) is 0. The van der Waals surface area contributed by atoms with E-state index in [2.05, 4.69) is 157 Å². The highest BCUT2D eigenvalue weighted by molar-refractivity contribution is 6.09. The minimum absolute atomic E-state index is 0.636. The lowest BCUT2D eigenvalue weighted by Gasteiger charge is -2.26. The Labute approximate surface area is 250 Å². The number of oxazole rings is 1. The maximum absolute atomic E-state index is 6.19. The molecule has 0 N–H and O–H groups in total. The molecule has 4 nitrogen and oxygen atoms in total. The lowest BCUT2D eigenvalue weighted by atomic mass is 10.1. The van der Waals surface area contributed by atoms with Crippen LogP contribution in [0.4, 0.5) is 17.1 Å². The summed E-state index contributed by atoms with van der Waals surface area (Å²) in [6, 6.07) is 49.2. The Morgan fingerprint density at radius 1 is 0.581 bits per heavy atom. The maximum Gasteiger partial charge on any atom is 0.227 e. The fourth-order valence-corrected chi connectivity index (χ4v) is 6.23. The van der Waals surface area contributed by atoms with Crippen molar-refractivity contribution in [2.75, 3.05) is 4.90 Å². The van der Waals surface area contributed by atoms with Crippen LogP contribution in [0, 0.1) is 13.8 Å². The molecule has 0 bridgehead atoms. The van der Waals surface area contributed by atoms with Gasteiger partial charge in [-0.25, -0.2) is 4.98 Å². The van der Waals surface area contributed by atoms with E-state index in [-0.39, 0.29) is 0 Å². The van der Waals surface area contributed by atoms with Crippen LogP contribution in [0.15, 0.2) is 144 Å². The number of anilines is 3. The average molecular weight is 556 g/mol. The Hall–Kier alpha value is -5.61. The predicted octanol–water partition coefficient (Wildman–Crippen LogP) is 10.7. The molecular formula is C39H29N3O. The third kappa shape index (κ3) is 4.27. The smallest absolute Gasteiger partial charge is 0.227 e. The van der Waals surface area contributed by atoms with Gasteiger partial charge in [0, 0.05) is 39.1 Å². The van der Waals surface area contributed by atoms with Crippen molar-refractivity contribution in [3.05, 3.63) is 151 Å². The third-order valence-corrected chi connectivity index (χ3v) is 8.15. The molecule has 0 atom stereocenters. The Bertz CT molecular complexity index is 2190.